The number of carbonyl (C=O) groups is 1. The predicted octanol–water partition coefficient (Wildman–Crippen LogP) is 2.24. The summed E-state index contributed by atoms with van der Waals surface area (Å²) in [5.41, 5.74) is 0.136. The Balaban J connectivity index is 1.51. The fourth-order valence-corrected chi connectivity index (χ4v) is 3.97. The van der Waals surface area contributed by atoms with E-state index in [0.717, 1.165) is 25.1 Å². The van der Waals surface area contributed by atoms with Crippen molar-refractivity contribution in [1.82, 2.24) is 19.4 Å². The quantitative estimate of drug-likeness (QED) is 0.617. The predicted molar refractivity (Wildman–Crippen MR) is 121 cm³/mol. The van der Waals surface area contributed by atoms with Gasteiger partial charge in [0, 0.05) is 44.5 Å². The number of anilines is 1. The van der Waals surface area contributed by atoms with Crippen molar-refractivity contribution in [3.8, 4) is 0 Å². The van der Waals surface area contributed by atoms with Crippen LogP contribution in [0.4, 0.5) is 5.82 Å². The second kappa shape index (κ2) is 9.16. The molecule has 8 nitrogen and oxygen atoms in total. The third kappa shape index (κ3) is 4.38. The van der Waals surface area contributed by atoms with Crippen molar-refractivity contribution in [2.75, 3.05) is 31.1 Å². The van der Waals surface area contributed by atoms with E-state index in [4.69, 9.17) is 0 Å². The molecule has 0 bridgehead atoms. The van der Waals surface area contributed by atoms with Crippen LogP contribution in [-0.4, -0.2) is 51.5 Å². The van der Waals surface area contributed by atoms with Gasteiger partial charge in [-0.15, -0.1) is 0 Å². The molecule has 162 valence electrons. The first-order valence-corrected chi connectivity index (χ1v) is 10.8. The molecular weight excluding hydrogens is 394 g/mol. The van der Waals surface area contributed by atoms with E-state index in [1.165, 1.54) is 4.57 Å². The van der Waals surface area contributed by atoms with Gasteiger partial charge in [-0.1, -0.05) is 25.8 Å². The molecule has 3 heterocycles. The zero-order chi connectivity index (χ0) is 21.8. The van der Waals surface area contributed by atoms with E-state index in [-0.39, 0.29) is 11.5 Å². The summed E-state index contributed by atoms with van der Waals surface area (Å²) < 4.78 is 1.25. The number of carbonyl (C=O) groups excluding carboxylic acids is 1. The third-order valence-electron chi connectivity index (χ3n) is 5.75. The average molecular weight is 422 g/mol. The van der Waals surface area contributed by atoms with Gasteiger partial charge in [-0.3, -0.25) is 14.2 Å². The highest BCUT2D eigenvalue weighted by molar-refractivity contribution is 5.97. The number of piperazine rings is 1. The zero-order valence-corrected chi connectivity index (χ0v) is 17.7. The van der Waals surface area contributed by atoms with Crippen LogP contribution < -0.4 is 16.1 Å². The Kier molecular flexibility index (Phi) is 6.16. The molecule has 0 radical (unpaired) electrons. The van der Waals surface area contributed by atoms with Crippen LogP contribution in [0.2, 0.25) is 0 Å². The molecule has 0 aliphatic carbocycles. The molecule has 0 spiro atoms. The molecule has 4 rings (SSSR count). The molecule has 31 heavy (non-hydrogen) atoms. The summed E-state index contributed by atoms with van der Waals surface area (Å²) in [5, 5.41) is 0.424. The minimum absolute atomic E-state index is 0.101. The van der Waals surface area contributed by atoms with Crippen LogP contribution in [0.3, 0.4) is 0 Å². The Bertz CT molecular complexity index is 1180. The van der Waals surface area contributed by atoms with Gasteiger partial charge in [-0.25, -0.2) is 9.78 Å². The molecule has 0 unspecified atom stereocenters. The summed E-state index contributed by atoms with van der Waals surface area (Å²) in [7, 11) is 0. The van der Waals surface area contributed by atoms with Crippen molar-refractivity contribution in [1.29, 1.82) is 0 Å². The number of amides is 1. The van der Waals surface area contributed by atoms with Gasteiger partial charge in [0.2, 0.25) is 0 Å². The monoisotopic (exact) mass is 421 g/mol. The van der Waals surface area contributed by atoms with E-state index in [0.29, 0.717) is 49.2 Å². The molecule has 2 aromatic heterocycles. The minimum atomic E-state index is -0.429. The maximum atomic E-state index is 13.0. The van der Waals surface area contributed by atoms with Crippen molar-refractivity contribution < 1.29 is 4.79 Å². The normalized spacial score (nSPS) is 14.2. The van der Waals surface area contributed by atoms with Crippen LogP contribution in [0.5, 0.6) is 0 Å². The Hall–Kier alpha value is -3.42. The number of H-pyrrole nitrogens is 1. The summed E-state index contributed by atoms with van der Waals surface area (Å²) in [6, 6.07) is 10.7. The maximum Gasteiger partial charge on any atom is 0.328 e. The summed E-state index contributed by atoms with van der Waals surface area (Å²) in [5.74, 6) is 0.809. The highest BCUT2D eigenvalue weighted by Crippen LogP contribution is 2.16. The van der Waals surface area contributed by atoms with Gasteiger partial charge >= 0.3 is 5.69 Å². The van der Waals surface area contributed by atoms with Gasteiger partial charge in [-0.2, -0.15) is 0 Å². The summed E-state index contributed by atoms with van der Waals surface area (Å²) in [6.45, 7) is 5.06. The molecular formula is C23H27N5O3. The van der Waals surface area contributed by atoms with E-state index in [1.54, 1.807) is 29.3 Å². The lowest BCUT2D eigenvalue weighted by atomic mass is 10.1. The number of nitrogens with one attached hydrogen (secondary N) is 1. The number of aromatic nitrogens is 3. The Labute approximate surface area is 180 Å². The fraction of sp³-hybridized carbons (Fsp3) is 0.391. The SMILES string of the molecule is CCCCCn1c(=O)[nH]c2cc(C(=O)N3CCN(c4ccccn4)CC3)ccc2c1=O. The van der Waals surface area contributed by atoms with Gasteiger partial charge < -0.3 is 14.8 Å². The first-order valence-electron chi connectivity index (χ1n) is 10.8. The standard InChI is InChI=1S/C23H27N5O3/c1-2-3-6-11-28-22(30)18-9-8-17(16-19(18)25-23(28)31)21(29)27-14-12-26(13-15-27)20-7-4-5-10-24-20/h4-5,7-10,16H,2-3,6,11-15H2,1H3,(H,25,31). The lowest BCUT2D eigenvalue weighted by molar-refractivity contribution is 0.0746. The topological polar surface area (TPSA) is 91.3 Å². The van der Waals surface area contributed by atoms with Gasteiger partial charge in [-0.05, 0) is 36.8 Å². The van der Waals surface area contributed by atoms with E-state index >= 15 is 0 Å². The number of benzene rings is 1. The summed E-state index contributed by atoms with van der Waals surface area (Å²) >= 11 is 0. The maximum absolute atomic E-state index is 13.0. The molecule has 1 aliphatic rings. The first kappa shape index (κ1) is 20.8. The van der Waals surface area contributed by atoms with Gasteiger partial charge in [0.15, 0.2) is 0 Å². The van der Waals surface area contributed by atoms with Crippen LogP contribution >= 0.6 is 0 Å². The number of hydrogen-bond donors (Lipinski definition) is 1. The lowest BCUT2D eigenvalue weighted by Crippen LogP contribution is -2.49. The average Bonchev–Trinajstić information content (AvgIpc) is 2.81. The van der Waals surface area contributed by atoms with Crippen LogP contribution in [0.1, 0.15) is 36.5 Å². The molecule has 0 saturated carbocycles. The number of unbranched alkanes of at least 4 members (excludes halogenated alkanes) is 2. The van der Waals surface area contributed by atoms with Crippen LogP contribution in [0.15, 0.2) is 52.2 Å². The number of nitrogens with zero attached hydrogens (tertiary/aromatic N) is 4. The Morgan fingerprint density at radius 1 is 1.06 bits per heavy atom. The second-order valence-electron chi connectivity index (χ2n) is 7.82. The lowest BCUT2D eigenvalue weighted by Gasteiger charge is -2.35. The second-order valence-corrected chi connectivity index (χ2v) is 7.82. The van der Waals surface area contributed by atoms with Crippen LogP contribution in [0.25, 0.3) is 10.9 Å². The minimum Gasteiger partial charge on any atom is -0.353 e. The van der Waals surface area contributed by atoms with Gasteiger partial charge in [0.25, 0.3) is 11.5 Å². The van der Waals surface area contributed by atoms with Crippen molar-refractivity contribution in [2.24, 2.45) is 0 Å². The number of hydrogen-bond acceptors (Lipinski definition) is 5. The molecule has 1 N–H and O–H groups in total. The molecule has 1 saturated heterocycles. The van der Waals surface area contributed by atoms with Crippen LogP contribution in [-0.2, 0) is 6.54 Å². The summed E-state index contributed by atoms with van der Waals surface area (Å²) in [4.78, 5) is 49.2. The Morgan fingerprint density at radius 2 is 1.87 bits per heavy atom. The molecule has 0 atom stereocenters. The molecule has 3 aromatic rings. The molecule has 1 amide bonds. The van der Waals surface area contributed by atoms with E-state index in [9.17, 15) is 14.4 Å². The van der Waals surface area contributed by atoms with Crippen molar-refractivity contribution in [3.63, 3.8) is 0 Å². The van der Waals surface area contributed by atoms with Crippen molar-refractivity contribution >= 4 is 22.6 Å². The molecule has 1 aromatic carbocycles. The van der Waals surface area contributed by atoms with E-state index in [2.05, 4.69) is 21.8 Å². The smallest absolute Gasteiger partial charge is 0.328 e. The molecule has 1 fully saturated rings. The first-order chi connectivity index (χ1) is 15.1. The number of pyridine rings is 1. The molecule has 8 heteroatoms. The third-order valence-corrected chi connectivity index (χ3v) is 5.75. The molecule has 1 aliphatic heterocycles. The summed E-state index contributed by atoms with van der Waals surface area (Å²) in [6.07, 6.45) is 4.53. The van der Waals surface area contributed by atoms with E-state index in [1.807, 2.05) is 18.2 Å². The van der Waals surface area contributed by atoms with Crippen molar-refractivity contribution in [2.45, 2.75) is 32.7 Å². The highest BCUT2D eigenvalue weighted by atomic mass is 16.2. The largest absolute Gasteiger partial charge is 0.353 e. The van der Waals surface area contributed by atoms with Crippen LogP contribution in [0, 0.1) is 0 Å². The Morgan fingerprint density at radius 3 is 2.58 bits per heavy atom. The van der Waals surface area contributed by atoms with Crippen molar-refractivity contribution in [3.05, 3.63) is 69.0 Å². The van der Waals surface area contributed by atoms with E-state index < -0.39 is 5.69 Å². The number of aromatic amines is 1. The fourth-order valence-electron chi connectivity index (χ4n) is 3.97. The van der Waals surface area contributed by atoms with Gasteiger partial charge in [0.05, 0.1) is 10.9 Å². The number of fused-ring (bicyclic) bond motifs is 1. The van der Waals surface area contributed by atoms with Gasteiger partial charge in [0.1, 0.15) is 5.82 Å². The highest BCUT2D eigenvalue weighted by Gasteiger charge is 2.23. The zero-order valence-electron chi connectivity index (χ0n) is 17.7. The number of rotatable bonds is 6.